The second-order valence-electron chi connectivity index (χ2n) is 6.76. The maximum absolute atomic E-state index is 12.5. The van der Waals surface area contributed by atoms with Crippen LogP contribution in [0.3, 0.4) is 0 Å². The molecule has 5 nitrogen and oxygen atoms in total. The lowest BCUT2D eigenvalue weighted by molar-refractivity contribution is 0.441. The zero-order valence-electron chi connectivity index (χ0n) is 14.8. The number of piperidine rings is 1. The van der Waals surface area contributed by atoms with Crippen molar-refractivity contribution in [2.75, 3.05) is 18.0 Å². The average molecular weight is 370 g/mol. The van der Waals surface area contributed by atoms with E-state index in [9.17, 15) is 8.42 Å². The zero-order valence-corrected chi connectivity index (χ0v) is 15.6. The third-order valence-electron chi connectivity index (χ3n) is 4.48. The van der Waals surface area contributed by atoms with Gasteiger partial charge < -0.3 is 9.08 Å². The zero-order chi connectivity index (χ0) is 18.6. The fourth-order valence-electron chi connectivity index (χ4n) is 3.30. The SMILES string of the molecule is C[C@@H]1CCCN(c2ccccc2OS(=O)(=O)Cc2cccc(C#N)c2)C1. The van der Waals surface area contributed by atoms with Gasteiger partial charge in [-0.2, -0.15) is 13.7 Å². The van der Waals surface area contributed by atoms with Crippen molar-refractivity contribution in [3.05, 3.63) is 59.7 Å². The van der Waals surface area contributed by atoms with E-state index < -0.39 is 10.1 Å². The lowest BCUT2D eigenvalue weighted by Crippen LogP contribution is -2.34. The molecule has 0 spiro atoms. The fourth-order valence-corrected chi connectivity index (χ4v) is 4.36. The van der Waals surface area contributed by atoms with E-state index in [4.69, 9.17) is 9.44 Å². The van der Waals surface area contributed by atoms with E-state index >= 15 is 0 Å². The molecule has 1 aliphatic rings. The lowest BCUT2D eigenvalue weighted by atomic mass is 10.00. The van der Waals surface area contributed by atoms with Crippen molar-refractivity contribution in [1.82, 2.24) is 0 Å². The summed E-state index contributed by atoms with van der Waals surface area (Å²) in [6.07, 6.45) is 2.27. The Hall–Kier alpha value is -2.52. The van der Waals surface area contributed by atoms with Crippen LogP contribution in [0.4, 0.5) is 5.69 Å². The number of hydrogen-bond acceptors (Lipinski definition) is 5. The highest BCUT2D eigenvalue weighted by atomic mass is 32.2. The van der Waals surface area contributed by atoms with E-state index in [0.29, 0.717) is 22.8 Å². The Labute approximate surface area is 155 Å². The largest absolute Gasteiger partial charge is 0.380 e. The number of nitriles is 1. The van der Waals surface area contributed by atoms with Crippen molar-refractivity contribution in [3.63, 3.8) is 0 Å². The summed E-state index contributed by atoms with van der Waals surface area (Å²) in [5.74, 6) is 0.660. The van der Waals surface area contributed by atoms with Gasteiger partial charge in [0, 0.05) is 13.1 Å². The molecule has 3 rings (SSSR count). The summed E-state index contributed by atoms with van der Waals surface area (Å²) in [5.41, 5.74) is 1.78. The van der Waals surface area contributed by atoms with E-state index in [1.165, 1.54) is 6.42 Å². The van der Waals surface area contributed by atoms with Gasteiger partial charge in [-0.05, 0) is 48.6 Å². The fraction of sp³-hybridized carbons (Fsp3) is 0.350. The Bertz CT molecular complexity index is 919. The summed E-state index contributed by atoms with van der Waals surface area (Å²) in [6, 6.07) is 15.8. The molecule has 0 radical (unpaired) electrons. The first-order valence-corrected chi connectivity index (χ1v) is 10.3. The van der Waals surface area contributed by atoms with Gasteiger partial charge in [0.05, 0.1) is 17.3 Å². The van der Waals surface area contributed by atoms with Gasteiger partial charge in [-0.3, -0.25) is 0 Å². The van der Waals surface area contributed by atoms with Gasteiger partial charge >= 0.3 is 10.1 Å². The predicted molar refractivity (Wildman–Crippen MR) is 101 cm³/mol. The first-order valence-electron chi connectivity index (χ1n) is 8.72. The molecule has 0 saturated carbocycles. The smallest absolute Gasteiger partial charge is 0.313 e. The molecule has 1 heterocycles. The minimum absolute atomic E-state index is 0.271. The van der Waals surface area contributed by atoms with E-state index in [1.807, 2.05) is 18.2 Å². The van der Waals surface area contributed by atoms with Crippen molar-refractivity contribution in [3.8, 4) is 11.8 Å². The van der Waals surface area contributed by atoms with Crippen LogP contribution in [-0.2, 0) is 15.9 Å². The predicted octanol–water partition coefficient (Wildman–Crippen LogP) is 3.70. The Morgan fingerprint density at radius 3 is 2.81 bits per heavy atom. The molecule has 0 aromatic heterocycles. The summed E-state index contributed by atoms with van der Waals surface area (Å²) in [7, 11) is -3.82. The average Bonchev–Trinajstić information content (AvgIpc) is 2.61. The maximum atomic E-state index is 12.5. The molecule has 6 heteroatoms. The van der Waals surface area contributed by atoms with Gasteiger partial charge in [0.2, 0.25) is 0 Å². The summed E-state index contributed by atoms with van der Waals surface area (Å²) in [4.78, 5) is 2.19. The van der Waals surface area contributed by atoms with Crippen LogP contribution in [0.25, 0.3) is 0 Å². The number of hydrogen-bond donors (Lipinski definition) is 0. The molecule has 0 N–H and O–H groups in total. The van der Waals surface area contributed by atoms with Crippen molar-refractivity contribution < 1.29 is 12.6 Å². The highest BCUT2D eigenvalue weighted by Crippen LogP contribution is 2.32. The van der Waals surface area contributed by atoms with Crippen molar-refractivity contribution in [2.24, 2.45) is 5.92 Å². The second kappa shape index (κ2) is 7.79. The van der Waals surface area contributed by atoms with E-state index in [2.05, 4.69) is 11.8 Å². The summed E-state index contributed by atoms with van der Waals surface area (Å²) in [6.45, 7) is 3.99. The number of nitrogens with zero attached hydrogens (tertiary/aromatic N) is 2. The van der Waals surface area contributed by atoms with Crippen LogP contribution in [0.1, 0.15) is 30.9 Å². The monoisotopic (exact) mass is 370 g/mol. The molecule has 0 amide bonds. The Kier molecular flexibility index (Phi) is 5.48. The summed E-state index contributed by atoms with van der Waals surface area (Å²) in [5, 5.41) is 8.96. The van der Waals surface area contributed by atoms with Gasteiger partial charge in [-0.15, -0.1) is 0 Å². The molecule has 1 fully saturated rings. The second-order valence-corrected chi connectivity index (χ2v) is 8.33. The minimum Gasteiger partial charge on any atom is -0.380 e. The summed E-state index contributed by atoms with van der Waals surface area (Å²) < 4.78 is 30.5. The third kappa shape index (κ3) is 4.55. The molecular formula is C20H22N2O3S. The molecule has 136 valence electrons. The first kappa shape index (κ1) is 18.3. The molecule has 26 heavy (non-hydrogen) atoms. The third-order valence-corrected chi connectivity index (χ3v) is 5.60. The Balaban J connectivity index is 1.80. The summed E-state index contributed by atoms with van der Waals surface area (Å²) >= 11 is 0. The topological polar surface area (TPSA) is 70.4 Å². The number of anilines is 1. The molecule has 0 aliphatic carbocycles. The number of para-hydroxylation sites is 2. The van der Waals surface area contributed by atoms with Gasteiger partial charge in [-0.1, -0.05) is 31.2 Å². The molecule has 2 aromatic carbocycles. The minimum atomic E-state index is -3.82. The Morgan fingerprint density at radius 2 is 2.04 bits per heavy atom. The number of rotatable bonds is 5. The van der Waals surface area contributed by atoms with Gasteiger partial charge in [0.15, 0.2) is 5.75 Å². The normalized spacial score (nSPS) is 17.5. The maximum Gasteiger partial charge on any atom is 0.313 e. The Morgan fingerprint density at radius 1 is 1.23 bits per heavy atom. The van der Waals surface area contributed by atoms with Crippen LogP contribution in [0.15, 0.2) is 48.5 Å². The quantitative estimate of drug-likeness (QED) is 0.751. The van der Waals surface area contributed by atoms with Crippen molar-refractivity contribution in [2.45, 2.75) is 25.5 Å². The van der Waals surface area contributed by atoms with Crippen LogP contribution in [0.2, 0.25) is 0 Å². The highest BCUT2D eigenvalue weighted by molar-refractivity contribution is 7.86. The molecular weight excluding hydrogens is 348 g/mol. The highest BCUT2D eigenvalue weighted by Gasteiger charge is 2.22. The lowest BCUT2D eigenvalue weighted by Gasteiger charge is -2.33. The van der Waals surface area contributed by atoms with Crippen LogP contribution in [-0.4, -0.2) is 21.5 Å². The molecule has 1 aliphatic heterocycles. The van der Waals surface area contributed by atoms with Crippen LogP contribution >= 0.6 is 0 Å². The van der Waals surface area contributed by atoms with E-state index in [1.54, 1.807) is 36.4 Å². The molecule has 2 aromatic rings. The van der Waals surface area contributed by atoms with Gasteiger partial charge in [-0.25, -0.2) is 0 Å². The van der Waals surface area contributed by atoms with Crippen molar-refractivity contribution in [1.29, 1.82) is 5.26 Å². The standard InChI is InChI=1S/C20H22N2O3S/c1-16-6-5-11-22(14-16)19-9-2-3-10-20(19)25-26(23,24)15-18-8-4-7-17(12-18)13-21/h2-4,7-10,12,16H,5-6,11,14-15H2,1H3/t16-/m1/s1. The molecule has 0 unspecified atom stereocenters. The number of benzene rings is 2. The van der Waals surface area contributed by atoms with E-state index in [-0.39, 0.29) is 5.75 Å². The molecule has 0 bridgehead atoms. The van der Waals surface area contributed by atoms with Crippen LogP contribution in [0.5, 0.6) is 5.75 Å². The molecule has 1 atom stereocenters. The van der Waals surface area contributed by atoms with Gasteiger partial charge in [0.25, 0.3) is 0 Å². The molecule has 1 saturated heterocycles. The van der Waals surface area contributed by atoms with Crippen LogP contribution in [0, 0.1) is 17.2 Å². The first-order chi connectivity index (χ1) is 12.5. The van der Waals surface area contributed by atoms with Gasteiger partial charge in [0.1, 0.15) is 5.75 Å². The van der Waals surface area contributed by atoms with E-state index in [0.717, 1.165) is 25.2 Å². The van der Waals surface area contributed by atoms with Crippen molar-refractivity contribution >= 4 is 15.8 Å². The van der Waals surface area contributed by atoms with Crippen LogP contribution < -0.4 is 9.08 Å².